The molecule has 0 spiro atoms. The second-order valence-electron chi connectivity index (χ2n) is 9.37. The average molecular weight is 499 g/mol. The number of aromatic nitrogens is 3. The molecule has 1 aliphatic carbocycles. The number of pyridine rings is 1. The van der Waals surface area contributed by atoms with Crippen LogP contribution in [0.2, 0.25) is 0 Å². The van der Waals surface area contributed by atoms with Crippen molar-refractivity contribution in [2.45, 2.75) is 57.2 Å². The number of hydrogen-bond acceptors (Lipinski definition) is 6. The summed E-state index contributed by atoms with van der Waals surface area (Å²) in [5.41, 5.74) is 0.402. The van der Waals surface area contributed by atoms with Crippen LogP contribution in [0.1, 0.15) is 60.1 Å². The van der Waals surface area contributed by atoms with Crippen molar-refractivity contribution in [2.24, 2.45) is 0 Å². The van der Waals surface area contributed by atoms with Crippen LogP contribution in [-0.2, 0) is 0 Å². The highest BCUT2D eigenvalue weighted by Gasteiger charge is 2.30. The van der Waals surface area contributed by atoms with Gasteiger partial charge in [0.05, 0.1) is 23.2 Å². The molecular formula is C25H27FN4O4S. The number of phenols is 1. The Balaban J connectivity index is 1.40. The van der Waals surface area contributed by atoms with Crippen LogP contribution in [0.5, 0.6) is 5.75 Å². The summed E-state index contributed by atoms with van der Waals surface area (Å²) in [6.07, 6.45) is 4.04. The van der Waals surface area contributed by atoms with Crippen LogP contribution in [0.25, 0.3) is 11.0 Å². The molecule has 2 aromatic heterocycles. The van der Waals surface area contributed by atoms with Gasteiger partial charge in [-0.3, -0.25) is 18.7 Å². The standard InChI is InChI=1S/C25H27FN4O4S/c1-14-2-7-19(21(31)10-14)23(32)28-16-3-5-17(6-4-16)30-24(33)20-11-15(26)12-27-22(20)29(25(30)34)18-8-9-35-13-18/h2,7,10-12,16-18,31H,3-6,8-9,13H2,1H3,(H,28,32). The van der Waals surface area contributed by atoms with E-state index in [1.807, 2.05) is 6.92 Å². The van der Waals surface area contributed by atoms with Gasteiger partial charge in [-0.25, -0.2) is 14.2 Å². The average Bonchev–Trinajstić information content (AvgIpc) is 3.35. The third-order valence-electron chi connectivity index (χ3n) is 6.99. The van der Waals surface area contributed by atoms with E-state index in [0.717, 1.165) is 29.7 Å². The van der Waals surface area contributed by atoms with E-state index in [2.05, 4.69) is 10.3 Å². The van der Waals surface area contributed by atoms with Crippen LogP contribution < -0.4 is 16.6 Å². The first-order chi connectivity index (χ1) is 16.8. The normalized spacial score (nSPS) is 22.4. The molecule has 10 heteroatoms. The van der Waals surface area contributed by atoms with Crippen LogP contribution in [-0.4, -0.2) is 42.7 Å². The molecule has 1 atom stereocenters. The lowest BCUT2D eigenvalue weighted by atomic mass is 9.90. The molecular weight excluding hydrogens is 471 g/mol. The Labute approximate surface area is 205 Å². The minimum absolute atomic E-state index is 0.0645. The molecule has 1 unspecified atom stereocenters. The summed E-state index contributed by atoms with van der Waals surface area (Å²) in [5.74, 6) is 0.636. The third-order valence-corrected chi connectivity index (χ3v) is 8.13. The second kappa shape index (κ2) is 9.49. The van der Waals surface area contributed by atoms with E-state index in [0.29, 0.717) is 25.7 Å². The van der Waals surface area contributed by atoms with Gasteiger partial charge in [-0.15, -0.1) is 0 Å². The molecule has 1 saturated carbocycles. The van der Waals surface area contributed by atoms with Crippen molar-refractivity contribution < 1.29 is 14.3 Å². The van der Waals surface area contributed by atoms with Gasteiger partial charge in [-0.1, -0.05) is 6.07 Å². The monoisotopic (exact) mass is 498 g/mol. The van der Waals surface area contributed by atoms with E-state index in [9.17, 15) is 23.9 Å². The van der Waals surface area contributed by atoms with Crippen molar-refractivity contribution in [3.63, 3.8) is 0 Å². The lowest BCUT2D eigenvalue weighted by molar-refractivity contribution is 0.0919. The molecule has 1 aliphatic heterocycles. The van der Waals surface area contributed by atoms with Crippen LogP contribution in [0.15, 0.2) is 40.1 Å². The Bertz CT molecular complexity index is 1410. The Morgan fingerprint density at radius 1 is 1.11 bits per heavy atom. The quantitative estimate of drug-likeness (QED) is 0.572. The van der Waals surface area contributed by atoms with Crippen molar-refractivity contribution in [3.8, 4) is 5.75 Å². The molecule has 2 fully saturated rings. The molecule has 3 aromatic rings. The fourth-order valence-corrected chi connectivity index (χ4v) is 6.35. The van der Waals surface area contributed by atoms with Gasteiger partial charge < -0.3 is 10.4 Å². The van der Waals surface area contributed by atoms with Crippen LogP contribution >= 0.6 is 11.8 Å². The number of rotatable bonds is 4. The minimum Gasteiger partial charge on any atom is -0.507 e. The number of aromatic hydroxyl groups is 1. The van der Waals surface area contributed by atoms with Gasteiger partial charge in [0, 0.05) is 17.8 Å². The minimum atomic E-state index is -0.613. The molecule has 0 radical (unpaired) electrons. The summed E-state index contributed by atoms with van der Waals surface area (Å²) in [4.78, 5) is 43.7. The van der Waals surface area contributed by atoms with Crippen LogP contribution in [0.3, 0.4) is 0 Å². The number of aryl methyl sites for hydroxylation is 1. The number of nitrogens with one attached hydrogen (secondary N) is 1. The van der Waals surface area contributed by atoms with Crippen molar-refractivity contribution in [2.75, 3.05) is 11.5 Å². The number of phenolic OH excluding ortho intramolecular Hbond substituents is 1. The summed E-state index contributed by atoms with van der Waals surface area (Å²) in [6, 6.07) is 5.51. The largest absolute Gasteiger partial charge is 0.507 e. The highest BCUT2D eigenvalue weighted by atomic mass is 32.2. The molecule has 0 bridgehead atoms. The molecule has 2 N–H and O–H groups in total. The van der Waals surface area contributed by atoms with Gasteiger partial charge in [0.1, 0.15) is 17.2 Å². The fourth-order valence-electron chi connectivity index (χ4n) is 5.16. The summed E-state index contributed by atoms with van der Waals surface area (Å²) in [6.45, 7) is 1.83. The first-order valence-corrected chi connectivity index (χ1v) is 13.0. The summed E-state index contributed by atoms with van der Waals surface area (Å²) in [5, 5.41) is 13.2. The molecule has 1 saturated heterocycles. The van der Waals surface area contributed by atoms with Gasteiger partial charge in [0.15, 0.2) is 0 Å². The maximum absolute atomic E-state index is 14.0. The number of benzene rings is 1. The van der Waals surface area contributed by atoms with Gasteiger partial charge in [0.25, 0.3) is 11.5 Å². The highest BCUT2D eigenvalue weighted by Crippen LogP contribution is 2.31. The van der Waals surface area contributed by atoms with Crippen LogP contribution in [0.4, 0.5) is 4.39 Å². The molecule has 1 amide bonds. The lowest BCUT2D eigenvalue weighted by Gasteiger charge is -2.30. The first-order valence-electron chi connectivity index (χ1n) is 11.8. The topological polar surface area (TPSA) is 106 Å². The van der Waals surface area contributed by atoms with Gasteiger partial charge in [-0.05, 0) is 68.5 Å². The van der Waals surface area contributed by atoms with E-state index in [4.69, 9.17) is 0 Å². The molecule has 8 nitrogen and oxygen atoms in total. The number of hydrogen-bond donors (Lipinski definition) is 2. The Kier molecular flexibility index (Phi) is 6.39. The number of thioether (sulfide) groups is 1. The molecule has 35 heavy (non-hydrogen) atoms. The van der Waals surface area contributed by atoms with Gasteiger partial charge >= 0.3 is 5.69 Å². The Morgan fingerprint density at radius 3 is 2.57 bits per heavy atom. The number of nitrogens with zero attached hydrogens (tertiary/aromatic N) is 3. The predicted molar refractivity (Wildman–Crippen MR) is 133 cm³/mol. The van der Waals surface area contributed by atoms with Crippen LogP contribution in [0, 0.1) is 12.7 Å². The highest BCUT2D eigenvalue weighted by molar-refractivity contribution is 7.99. The number of fused-ring (bicyclic) bond motifs is 1. The van der Waals surface area contributed by atoms with E-state index < -0.39 is 17.1 Å². The van der Waals surface area contributed by atoms with Crippen molar-refractivity contribution in [1.29, 1.82) is 0 Å². The zero-order valence-electron chi connectivity index (χ0n) is 19.4. The number of carbonyl (C=O) groups is 1. The molecule has 2 aliphatic rings. The summed E-state index contributed by atoms with van der Waals surface area (Å²) in [7, 11) is 0. The van der Waals surface area contributed by atoms with Crippen molar-refractivity contribution in [1.82, 2.24) is 19.4 Å². The maximum atomic E-state index is 14.0. The summed E-state index contributed by atoms with van der Waals surface area (Å²) < 4.78 is 16.9. The van der Waals surface area contributed by atoms with Crippen molar-refractivity contribution >= 4 is 28.7 Å². The molecule has 184 valence electrons. The van der Waals surface area contributed by atoms with Gasteiger partial charge in [0.2, 0.25) is 0 Å². The van der Waals surface area contributed by atoms with E-state index in [1.165, 1.54) is 10.6 Å². The molecule has 1 aromatic carbocycles. The van der Waals surface area contributed by atoms with E-state index in [-0.39, 0.29) is 46.4 Å². The lowest BCUT2D eigenvalue weighted by Crippen LogP contribution is -2.46. The van der Waals surface area contributed by atoms with E-state index in [1.54, 1.807) is 34.5 Å². The molecule has 5 rings (SSSR count). The number of halogens is 1. The van der Waals surface area contributed by atoms with E-state index >= 15 is 0 Å². The molecule has 3 heterocycles. The smallest absolute Gasteiger partial charge is 0.333 e. The fraction of sp³-hybridized carbons (Fsp3) is 0.440. The maximum Gasteiger partial charge on any atom is 0.333 e. The predicted octanol–water partition coefficient (Wildman–Crippen LogP) is 3.30. The SMILES string of the molecule is Cc1ccc(C(=O)NC2CCC(n3c(=O)c4cc(F)cnc4n(C4CCSC4)c3=O)CC2)c(O)c1. The van der Waals surface area contributed by atoms with Crippen molar-refractivity contribution in [3.05, 3.63) is 68.2 Å². The van der Waals surface area contributed by atoms with Gasteiger partial charge in [-0.2, -0.15) is 11.8 Å². The zero-order chi connectivity index (χ0) is 24.7. The first kappa shape index (κ1) is 23.6. The summed E-state index contributed by atoms with van der Waals surface area (Å²) >= 11 is 1.74. The second-order valence-corrected chi connectivity index (χ2v) is 10.5. The Morgan fingerprint density at radius 2 is 1.89 bits per heavy atom. The third kappa shape index (κ3) is 4.47. The number of amides is 1. The Hall–Kier alpha value is -3.14. The number of carbonyl (C=O) groups excluding carboxylic acids is 1. The zero-order valence-corrected chi connectivity index (χ0v) is 20.2.